The van der Waals surface area contributed by atoms with E-state index in [2.05, 4.69) is 5.32 Å². The van der Waals surface area contributed by atoms with Crippen molar-refractivity contribution in [2.75, 3.05) is 17.1 Å². The number of hydrogen-bond donors (Lipinski definition) is 1. The molecule has 2 aromatic carbocycles. The molecule has 0 saturated heterocycles. The summed E-state index contributed by atoms with van der Waals surface area (Å²) in [4.78, 5) is 28.8. The van der Waals surface area contributed by atoms with Crippen molar-refractivity contribution in [1.82, 2.24) is 10.2 Å². The number of rotatable bonds is 10. The zero-order valence-electron chi connectivity index (χ0n) is 21.8. The van der Waals surface area contributed by atoms with E-state index in [0.717, 1.165) is 53.8 Å². The minimum atomic E-state index is -3.95. The fourth-order valence-corrected chi connectivity index (χ4v) is 6.32. The van der Waals surface area contributed by atoms with Crippen molar-refractivity contribution in [3.63, 3.8) is 0 Å². The lowest BCUT2D eigenvalue weighted by Gasteiger charge is -2.34. The van der Waals surface area contributed by atoms with Crippen molar-refractivity contribution < 1.29 is 18.0 Å². The highest BCUT2D eigenvalue weighted by Gasteiger charge is 2.33. The number of sulfonamides is 1. The van der Waals surface area contributed by atoms with Crippen LogP contribution in [0.5, 0.6) is 0 Å². The molecule has 2 aromatic rings. The van der Waals surface area contributed by atoms with Crippen LogP contribution in [0.2, 0.25) is 15.1 Å². The minimum absolute atomic E-state index is 0.0324. The van der Waals surface area contributed by atoms with Crippen molar-refractivity contribution in [3.05, 3.63) is 62.6 Å². The first-order valence-electron chi connectivity index (χ1n) is 12.7. The standard InChI is InChI=1S/C27H34Cl3N3O4S/c1-4-24(27(35)31-20-11-6-5-7-12-20)32(16-19-10-8-9-18(2)13-19)26(34)17-33(38(3,36)37)25-15-22(29)21(28)14-23(25)30/h8-10,13-15,20,24H,4-7,11-12,16-17H2,1-3H3,(H,31,35). The molecule has 0 bridgehead atoms. The molecule has 1 saturated carbocycles. The summed E-state index contributed by atoms with van der Waals surface area (Å²) >= 11 is 18.5. The Bertz CT molecular complexity index is 1270. The van der Waals surface area contributed by atoms with Gasteiger partial charge < -0.3 is 10.2 Å². The predicted octanol–water partition coefficient (Wildman–Crippen LogP) is 5.98. The van der Waals surface area contributed by atoms with Crippen molar-refractivity contribution in [3.8, 4) is 0 Å². The summed E-state index contributed by atoms with van der Waals surface area (Å²) in [6.07, 6.45) is 6.43. The summed E-state index contributed by atoms with van der Waals surface area (Å²) in [5.74, 6) is -0.774. The zero-order valence-corrected chi connectivity index (χ0v) is 24.9. The molecule has 38 heavy (non-hydrogen) atoms. The van der Waals surface area contributed by atoms with E-state index < -0.39 is 28.5 Å². The molecule has 208 valence electrons. The number of benzene rings is 2. The lowest BCUT2D eigenvalue weighted by Crippen LogP contribution is -2.54. The molecular formula is C27H34Cl3N3O4S. The molecule has 1 atom stereocenters. The Balaban J connectivity index is 1.96. The molecule has 2 amide bonds. The summed E-state index contributed by atoms with van der Waals surface area (Å²) in [5, 5.41) is 3.41. The van der Waals surface area contributed by atoms with Crippen LogP contribution in [0.3, 0.4) is 0 Å². The van der Waals surface area contributed by atoms with E-state index in [1.807, 2.05) is 38.1 Å². The molecule has 1 fully saturated rings. The number of aryl methyl sites for hydroxylation is 1. The zero-order chi connectivity index (χ0) is 28.0. The van der Waals surface area contributed by atoms with Gasteiger partial charge in [-0.25, -0.2) is 8.42 Å². The molecule has 1 aliphatic carbocycles. The van der Waals surface area contributed by atoms with E-state index in [1.54, 1.807) is 0 Å². The van der Waals surface area contributed by atoms with E-state index in [0.29, 0.717) is 6.42 Å². The molecule has 0 aliphatic heterocycles. The Morgan fingerprint density at radius 2 is 1.68 bits per heavy atom. The van der Waals surface area contributed by atoms with Gasteiger partial charge >= 0.3 is 0 Å². The van der Waals surface area contributed by atoms with Crippen LogP contribution >= 0.6 is 34.8 Å². The van der Waals surface area contributed by atoms with Crippen molar-refractivity contribution >= 4 is 62.3 Å². The number of amides is 2. The van der Waals surface area contributed by atoms with Crippen LogP contribution in [0.15, 0.2) is 36.4 Å². The molecule has 1 aliphatic rings. The number of nitrogens with zero attached hydrogens (tertiary/aromatic N) is 2. The molecule has 0 heterocycles. The minimum Gasteiger partial charge on any atom is -0.352 e. The molecule has 0 aromatic heterocycles. The number of halogens is 3. The van der Waals surface area contributed by atoms with Crippen molar-refractivity contribution in [1.29, 1.82) is 0 Å². The molecule has 0 spiro atoms. The van der Waals surface area contributed by atoms with Crippen LogP contribution in [0.4, 0.5) is 5.69 Å². The van der Waals surface area contributed by atoms with Crippen LogP contribution in [0.1, 0.15) is 56.6 Å². The van der Waals surface area contributed by atoms with Gasteiger partial charge in [0.2, 0.25) is 21.8 Å². The van der Waals surface area contributed by atoms with Crippen LogP contribution < -0.4 is 9.62 Å². The molecule has 0 radical (unpaired) electrons. The van der Waals surface area contributed by atoms with Gasteiger partial charge in [-0.05, 0) is 43.9 Å². The van der Waals surface area contributed by atoms with Gasteiger partial charge in [0.25, 0.3) is 0 Å². The third kappa shape index (κ3) is 8.01. The molecule has 1 N–H and O–H groups in total. The van der Waals surface area contributed by atoms with E-state index in [9.17, 15) is 18.0 Å². The maximum atomic E-state index is 13.9. The first-order valence-corrected chi connectivity index (χ1v) is 15.7. The van der Waals surface area contributed by atoms with Gasteiger partial charge in [-0.3, -0.25) is 13.9 Å². The summed E-state index contributed by atoms with van der Waals surface area (Å²) in [6.45, 7) is 3.37. The molecule has 11 heteroatoms. The Morgan fingerprint density at radius 1 is 1.03 bits per heavy atom. The summed E-state index contributed by atoms with van der Waals surface area (Å²) in [7, 11) is -3.95. The number of nitrogens with one attached hydrogen (secondary N) is 1. The number of hydrogen-bond acceptors (Lipinski definition) is 4. The Kier molecular flexibility index (Phi) is 10.7. The maximum absolute atomic E-state index is 13.9. The van der Waals surface area contributed by atoms with E-state index in [4.69, 9.17) is 34.8 Å². The lowest BCUT2D eigenvalue weighted by molar-refractivity contribution is -0.140. The van der Waals surface area contributed by atoms with Gasteiger partial charge in [-0.2, -0.15) is 0 Å². The molecule has 1 unspecified atom stereocenters. The average Bonchev–Trinajstić information content (AvgIpc) is 2.84. The molecular weight excluding hydrogens is 569 g/mol. The van der Waals surface area contributed by atoms with Crippen LogP contribution in [-0.2, 0) is 26.2 Å². The second-order valence-corrected chi connectivity index (χ2v) is 12.9. The Morgan fingerprint density at radius 3 is 2.29 bits per heavy atom. The number of anilines is 1. The fourth-order valence-electron chi connectivity index (χ4n) is 4.77. The van der Waals surface area contributed by atoms with Crippen molar-refractivity contribution in [2.45, 2.75) is 71.0 Å². The number of carbonyl (C=O) groups excluding carboxylic acids is 2. The molecule has 3 rings (SSSR count). The quantitative estimate of drug-likeness (QED) is 0.339. The SMILES string of the molecule is CCC(C(=O)NC1CCCCC1)N(Cc1cccc(C)c1)C(=O)CN(c1cc(Cl)c(Cl)cc1Cl)S(C)(=O)=O. The fraction of sp³-hybridized carbons (Fsp3) is 0.481. The highest BCUT2D eigenvalue weighted by atomic mass is 35.5. The molecule has 7 nitrogen and oxygen atoms in total. The maximum Gasteiger partial charge on any atom is 0.244 e. The van der Waals surface area contributed by atoms with E-state index in [-0.39, 0.29) is 39.2 Å². The first kappa shape index (κ1) is 30.5. The lowest BCUT2D eigenvalue weighted by atomic mass is 9.95. The average molecular weight is 603 g/mol. The highest BCUT2D eigenvalue weighted by Crippen LogP contribution is 2.35. The van der Waals surface area contributed by atoms with Gasteiger partial charge in [-0.1, -0.05) is 90.8 Å². The Labute approximate surface area is 240 Å². The van der Waals surface area contributed by atoms with Gasteiger partial charge in [0, 0.05) is 12.6 Å². The van der Waals surface area contributed by atoms with E-state index >= 15 is 0 Å². The third-order valence-corrected chi connectivity index (χ3v) is 8.86. The Hall–Kier alpha value is -2.00. The van der Waals surface area contributed by atoms with Crippen LogP contribution in [-0.4, -0.2) is 50.0 Å². The van der Waals surface area contributed by atoms with Crippen molar-refractivity contribution in [2.24, 2.45) is 0 Å². The monoisotopic (exact) mass is 601 g/mol. The van der Waals surface area contributed by atoms with Gasteiger partial charge in [-0.15, -0.1) is 0 Å². The van der Waals surface area contributed by atoms with Crippen LogP contribution in [0.25, 0.3) is 0 Å². The third-order valence-electron chi connectivity index (χ3n) is 6.71. The van der Waals surface area contributed by atoms with Gasteiger partial charge in [0.1, 0.15) is 12.6 Å². The second-order valence-electron chi connectivity index (χ2n) is 9.77. The highest BCUT2D eigenvalue weighted by molar-refractivity contribution is 7.92. The van der Waals surface area contributed by atoms with Gasteiger partial charge in [0.15, 0.2) is 0 Å². The largest absolute Gasteiger partial charge is 0.352 e. The summed E-state index contributed by atoms with van der Waals surface area (Å²) in [5.41, 5.74) is 1.88. The van der Waals surface area contributed by atoms with Crippen LogP contribution in [0, 0.1) is 6.92 Å². The summed E-state index contributed by atoms with van der Waals surface area (Å²) in [6, 6.07) is 9.59. The summed E-state index contributed by atoms with van der Waals surface area (Å²) < 4.78 is 26.5. The van der Waals surface area contributed by atoms with E-state index in [1.165, 1.54) is 17.0 Å². The smallest absolute Gasteiger partial charge is 0.244 e. The second kappa shape index (κ2) is 13.4. The topological polar surface area (TPSA) is 86.8 Å². The number of carbonyl (C=O) groups is 2. The predicted molar refractivity (Wildman–Crippen MR) is 154 cm³/mol. The van der Waals surface area contributed by atoms with Gasteiger partial charge in [0.05, 0.1) is 27.0 Å². The first-order chi connectivity index (χ1) is 17.9. The normalized spacial score (nSPS) is 15.1.